The van der Waals surface area contributed by atoms with Crippen LogP contribution in [0, 0.1) is 0 Å². The minimum absolute atomic E-state index is 0.0705. The second kappa shape index (κ2) is 13.4. The number of benzene rings is 3. The number of carbonyl (C=O) groups is 1. The Bertz CT molecular complexity index is 929. The first kappa shape index (κ1) is 23.6. The summed E-state index contributed by atoms with van der Waals surface area (Å²) in [6.07, 6.45) is 3.83. The van der Waals surface area contributed by atoms with E-state index < -0.39 is 0 Å². The number of carbonyl (C=O) groups excluding carboxylic acids is 1. The maximum absolute atomic E-state index is 11.1. The normalized spacial score (nSPS) is 13.3. The maximum Gasteiger partial charge on any atom is 0.142 e. The van der Waals surface area contributed by atoms with Gasteiger partial charge in [0.05, 0.1) is 32.0 Å². The van der Waals surface area contributed by atoms with Crippen molar-refractivity contribution in [1.29, 1.82) is 0 Å². The molecule has 166 valence electrons. The topological polar surface area (TPSA) is 38.8 Å². The van der Waals surface area contributed by atoms with E-state index in [1.54, 1.807) is 0 Å². The minimum atomic E-state index is -0.301. The lowest BCUT2D eigenvalue weighted by molar-refractivity contribution is -0.104. The highest BCUT2D eigenvalue weighted by atomic mass is 16.5. The molecule has 4 heteroatoms. The lowest BCUT2D eigenvalue weighted by atomic mass is 10.1. The Morgan fingerprint density at radius 2 is 1.31 bits per heavy atom. The predicted octanol–water partition coefficient (Wildman–Crippen LogP) is 5.04. The van der Waals surface area contributed by atoms with Crippen LogP contribution in [0.5, 0.6) is 0 Å². The number of ether oxygens (including phenoxy) is 2. The number of hydrogen-bond donors (Lipinski definition) is 0. The van der Waals surface area contributed by atoms with Crippen LogP contribution < -0.4 is 0 Å². The number of allylic oxidation sites excluding steroid dienone is 1. The SMILES string of the molecule is CN(Cc1ccccc1)C(COCc1ccccc1)C(/C=C\C=O)OCc1ccccc1. The monoisotopic (exact) mass is 429 g/mol. The Balaban J connectivity index is 1.73. The second-order valence-corrected chi connectivity index (χ2v) is 7.75. The Morgan fingerprint density at radius 1 is 0.781 bits per heavy atom. The number of nitrogens with zero attached hydrogens (tertiary/aromatic N) is 1. The van der Waals surface area contributed by atoms with Gasteiger partial charge in [0.15, 0.2) is 0 Å². The summed E-state index contributed by atoms with van der Waals surface area (Å²) in [6, 6.07) is 30.4. The Labute approximate surface area is 191 Å². The molecule has 2 unspecified atom stereocenters. The molecule has 4 nitrogen and oxygen atoms in total. The summed E-state index contributed by atoms with van der Waals surface area (Å²) in [5, 5.41) is 0. The van der Waals surface area contributed by atoms with Crippen LogP contribution in [0.3, 0.4) is 0 Å². The average molecular weight is 430 g/mol. The smallest absolute Gasteiger partial charge is 0.142 e. The molecule has 32 heavy (non-hydrogen) atoms. The van der Waals surface area contributed by atoms with E-state index in [2.05, 4.69) is 36.2 Å². The predicted molar refractivity (Wildman–Crippen MR) is 128 cm³/mol. The van der Waals surface area contributed by atoms with Gasteiger partial charge in [-0.05, 0) is 29.8 Å². The molecule has 0 heterocycles. The van der Waals surface area contributed by atoms with E-state index in [-0.39, 0.29) is 12.1 Å². The highest BCUT2D eigenvalue weighted by Gasteiger charge is 2.25. The first-order valence-electron chi connectivity index (χ1n) is 10.9. The maximum atomic E-state index is 11.1. The van der Waals surface area contributed by atoms with Crippen molar-refractivity contribution in [2.75, 3.05) is 13.7 Å². The van der Waals surface area contributed by atoms with Crippen LogP contribution in [0.25, 0.3) is 0 Å². The van der Waals surface area contributed by atoms with Crippen molar-refractivity contribution >= 4 is 6.29 Å². The highest BCUT2D eigenvalue weighted by molar-refractivity contribution is 5.64. The fourth-order valence-electron chi connectivity index (χ4n) is 3.55. The van der Waals surface area contributed by atoms with Gasteiger partial charge in [0, 0.05) is 6.54 Å². The van der Waals surface area contributed by atoms with Crippen molar-refractivity contribution in [3.05, 3.63) is 120 Å². The Morgan fingerprint density at radius 3 is 1.88 bits per heavy atom. The summed E-state index contributed by atoms with van der Waals surface area (Å²) in [4.78, 5) is 13.3. The van der Waals surface area contributed by atoms with Gasteiger partial charge in [-0.1, -0.05) is 97.1 Å². The lowest BCUT2D eigenvalue weighted by Crippen LogP contribution is -2.44. The largest absolute Gasteiger partial charge is 0.375 e. The van der Waals surface area contributed by atoms with Crippen molar-refractivity contribution in [1.82, 2.24) is 4.90 Å². The summed E-state index contributed by atoms with van der Waals surface area (Å²) in [7, 11) is 2.07. The molecular formula is C28H31NO3. The van der Waals surface area contributed by atoms with Gasteiger partial charge >= 0.3 is 0 Å². The fourth-order valence-corrected chi connectivity index (χ4v) is 3.55. The summed E-state index contributed by atoms with van der Waals surface area (Å²) in [5.41, 5.74) is 3.43. The van der Waals surface area contributed by atoms with E-state index in [4.69, 9.17) is 9.47 Å². The van der Waals surface area contributed by atoms with Gasteiger partial charge in [-0.25, -0.2) is 0 Å². The fraction of sp³-hybridized carbons (Fsp3) is 0.250. The molecule has 0 saturated carbocycles. The molecule has 0 aromatic heterocycles. The van der Waals surface area contributed by atoms with Gasteiger partial charge in [0.1, 0.15) is 6.29 Å². The van der Waals surface area contributed by atoms with E-state index in [0.717, 1.165) is 24.0 Å². The number of rotatable bonds is 13. The molecule has 0 fully saturated rings. The molecular weight excluding hydrogens is 398 g/mol. The van der Waals surface area contributed by atoms with Crippen molar-refractivity contribution < 1.29 is 14.3 Å². The van der Waals surface area contributed by atoms with Gasteiger partial charge in [-0.3, -0.25) is 9.69 Å². The molecule has 0 aliphatic rings. The molecule has 2 atom stereocenters. The number of likely N-dealkylation sites (N-methyl/N-ethyl adjacent to an activating group) is 1. The Hall–Kier alpha value is -3.05. The molecule has 0 aliphatic heterocycles. The molecule has 0 amide bonds. The first-order valence-corrected chi connectivity index (χ1v) is 10.9. The summed E-state index contributed by atoms with van der Waals surface area (Å²) in [5.74, 6) is 0. The van der Waals surface area contributed by atoms with Crippen molar-refractivity contribution in [2.24, 2.45) is 0 Å². The van der Waals surface area contributed by atoms with Gasteiger partial charge in [-0.2, -0.15) is 0 Å². The van der Waals surface area contributed by atoms with E-state index in [1.165, 1.54) is 11.6 Å². The molecule has 0 spiro atoms. The highest BCUT2D eigenvalue weighted by Crippen LogP contribution is 2.16. The van der Waals surface area contributed by atoms with Gasteiger partial charge < -0.3 is 9.47 Å². The van der Waals surface area contributed by atoms with Crippen molar-refractivity contribution in [3.63, 3.8) is 0 Å². The molecule has 0 saturated heterocycles. The number of hydrogen-bond acceptors (Lipinski definition) is 4. The lowest BCUT2D eigenvalue weighted by Gasteiger charge is -2.33. The third-order valence-corrected chi connectivity index (χ3v) is 5.28. The summed E-state index contributed by atoms with van der Waals surface area (Å²) in [6.45, 7) is 2.21. The van der Waals surface area contributed by atoms with E-state index in [1.807, 2.05) is 72.8 Å². The van der Waals surface area contributed by atoms with Gasteiger partial charge in [0.2, 0.25) is 0 Å². The van der Waals surface area contributed by atoms with Crippen molar-refractivity contribution in [3.8, 4) is 0 Å². The minimum Gasteiger partial charge on any atom is -0.375 e. The third-order valence-electron chi connectivity index (χ3n) is 5.28. The van der Waals surface area contributed by atoms with Crippen molar-refractivity contribution in [2.45, 2.75) is 31.9 Å². The second-order valence-electron chi connectivity index (χ2n) is 7.75. The van der Waals surface area contributed by atoms with E-state index >= 15 is 0 Å². The summed E-state index contributed by atoms with van der Waals surface area (Å²) >= 11 is 0. The first-order chi connectivity index (χ1) is 15.8. The molecule has 0 aliphatic carbocycles. The zero-order valence-electron chi connectivity index (χ0n) is 18.5. The van der Waals surface area contributed by atoms with Crippen LogP contribution in [-0.4, -0.2) is 37.0 Å². The number of aldehydes is 1. The van der Waals surface area contributed by atoms with E-state index in [0.29, 0.717) is 19.8 Å². The zero-order valence-corrected chi connectivity index (χ0v) is 18.5. The van der Waals surface area contributed by atoms with Crippen LogP contribution in [-0.2, 0) is 34.0 Å². The van der Waals surface area contributed by atoms with Crippen LogP contribution in [0.15, 0.2) is 103 Å². The van der Waals surface area contributed by atoms with E-state index in [9.17, 15) is 4.79 Å². The molecule has 3 rings (SSSR count). The van der Waals surface area contributed by atoms with Crippen LogP contribution in [0.1, 0.15) is 16.7 Å². The molecule has 0 bridgehead atoms. The quantitative estimate of drug-likeness (QED) is 0.282. The molecule has 0 radical (unpaired) electrons. The van der Waals surface area contributed by atoms with Crippen LogP contribution in [0.4, 0.5) is 0 Å². The van der Waals surface area contributed by atoms with Gasteiger partial charge in [0.25, 0.3) is 0 Å². The molecule has 3 aromatic carbocycles. The molecule has 3 aromatic rings. The average Bonchev–Trinajstić information content (AvgIpc) is 2.84. The van der Waals surface area contributed by atoms with Crippen LogP contribution in [0.2, 0.25) is 0 Å². The zero-order chi connectivity index (χ0) is 22.4. The third kappa shape index (κ3) is 7.89. The Kier molecular flexibility index (Phi) is 9.87. The summed E-state index contributed by atoms with van der Waals surface area (Å²) < 4.78 is 12.4. The molecule has 0 N–H and O–H groups in total. The van der Waals surface area contributed by atoms with Crippen LogP contribution >= 0.6 is 0 Å². The van der Waals surface area contributed by atoms with Gasteiger partial charge in [-0.15, -0.1) is 0 Å². The standard InChI is InChI=1S/C28H31NO3/c1-29(20-24-12-5-2-6-13-24)27(23-31-21-25-14-7-3-8-15-25)28(18-11-19-30)32-22-26-16-9-4-10-17-26/h2-19,27-28H,20-23H2,1H3/b18-11-.